The third-order valence-corrected chi connectivity index (χ3v) is 6.02. The summed E-state index contributed by atoms with van der Waals surface area (Å²) in [6, 6.07) is 17.4. The van der Waals surface area contributed by atoms with Crippen LogP contribution in [-0.2, 0) is 22.7 Å². The van der Waals surface area contributed by atoms with Crippen LogP contribution in [0.2, 0.25) is 0 Å². The first-order chi connectivity index (χ1) is 17.9. The molecular weight excluding hydrogens is 477 g/mol. The molecule has 4 rings (SSSR count). The number of nitrogens with zero attached hydrogens (tertiary/aromatic N) is 4. The molecule has 3 aromatic carbocycles. The predicted molar refractivity (Wildman–Crippen MR) is 137 cm³/mol. The van der Waals surface area contributed by atoms with E-state index in [1.165, 1.54) is 35.9 Å². The number of halogens is 1. The molecule has 1 heterocycles. The van der Waals surface area contributed by atoms with Crippen molar-refractivity contribution in [1.82, 2.24) is 19.9 Å². The lowest BCUT2D eigenvalue weighted by molar-refractivity contribution is -0.140. The van der Waals surface area contributed by atoms with E-state index in [2.05, 4.69) is 15.6 Å². The average Bonchev–Trinajstić information content (AvgIpc) is 3.32. The van der Waals surface area contributed by atoms with E-state index >= 15 is 0 Å². The highest BCUT2D eigenvalue weighted by Gasteiger charge is 2.30. The Morgan fingerprint density at radius 1 is 1.05 bits per heavy atom. The Balaban J connectivity index is 1.62. The maximum Gasteiger partial charge on any atom is 0.247 e. The standard InChI is InChI=1S/C27H28FN5O4/c1-4-23(27(35)29-22-14-13-20(36-2)15-25(22)37-3)32(16-18-9-11-19(28)12-10-18)26(34)17-33-24-8-6-5-7-21(24)30-31-33/h5-15,23H,4,16-17H2,1-3H3,(H,29,35). The van der Waals surface area contributed by atoms with Gasteiger partial charge in [0.25, 0.3) is 0 Å². The van der Waals surface area contributed by atoms with Gasteiger partial charge in [-0.2, -0.15) is 0 Å². The molecule has 0 aliphatic heterocycles. The molecule has 1 atom stereocenters. The highest BCUT2D eigenvalue weighted by molar-refractivity contribution is 5.98. The van der Waals surface area contributed by atoms with E-state index in [1.54, 1.807) is 30.3 Å². The summed E-state index contributed by atoms with van der Waals surface area (Å²) in [7, 11) is 3.03. The third kappa shape index (κ3) is 5.85. The van der Waals surface area contributed by atoms with Crippen molar-refractivity contribution in [2.24, 2.45) is 0 Å². The summed E-state index contributed by atoms with van der Waals surface area (Å²) in [5.74, 6) is -0.0937. The fraction of sp³-hybridized carbons (Fsp3) is 0.259. The highest BCUT2D eigenvalue weighted by atomic mass is 19.1. The number of benzene rings is 3. The monoisotopic (exact) mass is 505 g/mol. The Labute approximate surface area is 213 Å². The molecule has 0 saturated heterocycles. The van der Waals surface area contributed by atoms with Crippen LogP contribution in [0.5, 0.6) is 11.5 Å². The van der Waals surface area contributed by atoms with Gasteiger partial charge in [0.1, 0.15) is 35.4 Å². The largest absolute Gasteiger partial charge is 0.497 e. The Morgan fingerprint density at radius 3 is 2.51 bits per heavy atom. The van der Waals surface area contributed by atoms with Gasteiger partial charge in [-0.1, -0.05) is 36.4 Å². The number of ether oxygens (including phenoxy) is 2. The molecule has 0 spiro atoms. The second-order valence-corrected chi connectivity index (χ2v) is 8.36. The summed E-state index contributed by atoms with van der Waals surface area (Å²) >= 11 is 0. The van der Waals surface area contributed by atoms with Gasteiger partial charge in [-0.05, 0) is 48.4 Å². The number of nitrogens with one attached hydrogen (secondary N) is 1. The molecule has 37 heavy (non-hydrogen) atoms. The lowest BCUT2D eigenvalue weighted by Gasteiger charge is -2.31. The van der Waals surface area contributed by atoms with Crippen molar-refractivity contribution in [1.29, 1.82) is 0 Å². The zero-order valence-corrected chi connectivity index (χ0v) is 20.8. The molecule has 9 nitrogen and oxygen atoms in total. The Morgan fingerprint density at radius 2 is 1.81 bits per heavy atom. The third-order valence-electron chi connectivity index (χ3n) is 6.02. The summed E-state index contributed by atoms with van der Waals surface area (Å²) in [4.78, 5) is 28.6. The number of hydrogen-bond acceptors (Lipinski definition) is 6. The topological polar surface area (TPSA) is 98.6 Å². The second kappa shape index (κ2) is 11.5. The molecular formula is C27H28FN5O4. The summed E-state index contributed by atoms with van der Waals surface area (Å²) in [6.07, 6.45) is 0.343. The van der Waals surface area contributed by atoms with Crippen LogP contribution in [0.1, 0.15) is 18.9 Å². The molecule has 10 heteroatoms. The van der Waals surface area contributed by atoms with Gasteiger partial charge in [0.2, 0.25) is 11.8 Å². The number of anilines is 1. The van der Waals surface area contributed by atoms with Gasteiger partial charge in [-0.25, -0.2) is 9.07 Å². The Bertz CT molecular complexity index is 1390. The van der Waals surface area contributed by atoms with Crippen LogP contribution >= 0.6 is 0 Å². The first-order valence-corrected chi connectivity index (χ1v) is 11.8. The summed E-state index contributed by atoms with van der Waals surface area (Å²) in [5.41, 5.74) is 2.50. The van der Waals surface area contributed by atoms with Crippen LogP contribution in [0.4, 0.5) is 10.1 Å². The van der Waals surface area contributed by atoms with Gasteiger partial charge < -0.3 is 19.7 Å². The van der Waals surface area contributed by atoms with Crippen molar-refractivity contribution in [3.8, 4) is 11.5 Å². The number of para-hydroxylation sites is 1. The maximum absolute atomic E-state index is 13.6. The fourth-order valence-corrected chi connectivity index (χ4v) is 4.08. The zero-order valence-electron chi connectivity index (χ0n) is 20.8. The molecule has 1 N–H and O–H groups in total. The molecule has 2 amide bonds. The SMILES string of the molecule is CCC(C(=O)Nc1ccc(OC)cc1OC)N(Cc1ccc(F)cc1)C(=O)Cn1nnc2ccccc21. The number of carbonyl (C=O) groups excluding carboxylic acids is 2. The fourth-order valence-electron chi connectivity index (χ4n) is 4.08. The highest BCUT2D eigenvalue weighted by Crippen LogP contribution is 2.29. The summed E-state index contributed by atoms with van der Waals surface area (Å²) in [6.45, 7) is 1.82. The van der Waals surface area contributed by atoms with E-state index in [4.69, 9.17) is 9.47 Å². The molecule has 192 valence electrons. The molecule has 4 aromatic rings. The van der Waals surface area contributed by atoms with Crippen LogP contribution in [0.3, 0.4) is 0 Å². The van der Waals surface area contributed by atoms with Crippen LogP contribution in [-0.4, -0.2) is 52.0 Å². The number of methoxy groups -OCH3 is 2. The molecule has 0 radical (unpaired) electrons. The molecule has 1 aromatic heterocycles. The van der Waals surface area contributed by atoms with Gasteiger partial charge in [0.15, 0.2) is 0 Å². The van der Waals surface area contributed by atoms with E-state index in [0.717, 1.165) is 0 Å². The van der Waals surface area contributed by atoms with Crippen molar-refractivity contribution >= 4 is 28.5 Å². The lowest BCUT2D eigenvalue weighted by atomic mass is 10.1. The van der Waals surface area contributed by atoms with Crippen LogP contribution in [0.25, 0.3) is 11.0 Å². The van der Waals surface area contributed by atoms with Gasteiger partial charge in [-0.3, -0.25) is 9.59 Å². The Kier molecular flexibility index (Phi) is 7.97. The first kappa shape index (κ1) is 25.6. The van der Waals surface area contributed by atoms with Crippen LogP contribution in [0.15, 0.2) is 66.7 Å². The molecule has 0 bridgehead atoms. The van der Waals surface area contributed by atoms with E-state index in [-0.39, 0.29) is 30.7 Å². The number of amides is 2. The predicted octanol–water partition coefficient (Wildman–Crippen LogP) is 4.03. The van der Waals surface area contributed by atoms with Crippen molar-refractivity contribution in [3.05, 3.63) is 78.1 Å². The first-order valence-electron chi connectivity index (χ1n) is 11.8. The summed E-state index contributed by atoms with van der Waals surface area (Å²) in [5, 5.41) is 11.1. The number of hydrogen-bond donors (Lipinski definition) is 1. The number of rotatable bonds is 10. The van der Waals surface area contributed by atoms with Crippen molar-refractivity contribution < 1.29 is 23.5 Å². The van der Waals surface area contributed by atoms with E-state index < -0.39 is 6.04 Å². The van der Waals surface area contributed by atoms with Gasteiger partial charge in [-0.15, -0.1) is 5.10 Å². The zero-order chi connectivity index (χ0) is 26.4. The average molecular weight is 506 g/mol. The Hall–Kier alpha value is -4.47. The number of carbonyl (C=O) groups is 2. The van der Waals surface area contributed by atoms with E-state index in [9.17, 15) is 14.0 Å². The van der Waals surface area contributed by atoms with Crippen molar-refractivity contribution in [3.63, 3.8) is 0 Å². The number of fused-ring (bicyclic) bond motifs is 1. The van der Waals surface area contributed by atoms with Crippen LogP contribution in [0, 0.1) is 5.82 Å². The smallest absolute Gasteiger partial charge is 0.247 e. The summed E-state index contributed by atoms with van der Waals surface area (Å²) < 4.78 is 25.6. The van der Waals surface area contributed by atoms with E-state index in [0.29, 0.717) is 40.2 Å². The van der Waals surface area contributed by atoms with E-state index in [1.807, 2.05) is 31.2 Å². The molecule has 1 unspecified atom stereocenters. The normalized spacial score (nSPS) is 11.7. The quantitative estimate of drug-likeness (QED) is 0.349. The van der Waals surface area contributed by atoms with Gasteiger partial charge in [0, 0.05) is 12.6 Å². The minimum Gasteiger partial charge on any atom is -0.497 e. The maximum atomic E-state index is 13.6. The van der Waals surface area contributed by atoms with Gasteiger partial charge >= 0.3 is 0 Å². The van der Waals surface area contributed by atoms with Crippen LogP contribution < -0.4 is 14.8 Å². The minimum absolute atomic E-state index is 0.109. The van der Waals surface area contributed by atoms with Crippen molar-refractivity contribution in [2.75, 3.05) is 19.5 Å². The molecule has 0 fully saturated rings. The lowest BCUT2D eigenvalue weighted by Crippen LogP contribution is -2.47. The molecule has 0 saturated carbocycles. The number of aromatic nitrogens is 3. The molecule has 0 aliphatic carbocycles. The minimum atomic E-state index is -0.820. The molecule has 0 aliphatic rings. The second-order valence-electron chi connectivity index (χ2n) is 8.36. The van der Waals surface area contributed by atoms with Crippen molar-refractivity contribution in [2.45, 2.75) is 32.5 Å². The van der Waals surface area contributed by atoms with Gasteiger partial charge in [0.05, 0.1) is 25.4 Å².